The molecule has 0 aliphatic carbocycles. The minimum Gasteiger partial charge on any atom is -0.396 e. The molecule has 72 valence electrons. The zero-order valence-corrected chi connectivity index (χ0v) is 9.05. The lowest BCUT2D eigenvalue weighted by atomic mass is 10.3. The lowest BCUT2D eigenvalue weighted by Gasteiger charge is -2.05. The van der Waals surface area contributed by atoms with Gasteiger partial charge in [-0.25, -0.2) is 0 Å². The van der Waals surface area contributed by atoms with Gasteiger partial charge in [-0.1, -0.05) is 22.0 Å². The summed E-state index contributed by atoms with van der Waals surface area (Å²) in [4.78, 5) is 0. The third-order valence-corrected chi connectivity index (χ3v) is 2.23. The van der Waals surface area contributed by atoms with Gasteiger partial charge in [-0.2, -0.15) is 0 Å². The standard InChI is InChI=1S/C10H14BrNO/c11-9-4-3-5-10(8-9)12-6-1-2-7-13/h3-5,8,12-13H,1-2,6-7H2. The second-order valence-electron chi connectivity index (χ2n) is 2.87. The highest BCUT2D eigenvalue weighted by Gasteiger charge is 1.91. The fourth-order valence-corrected chi connectivity index (χ4v) is 1.47. The molecule has 0 unspecified atom stereocenters. The maximum absolute atomic E-state index is 8.57. The van der Waals surface area contributed by atoms with Gasteiger partial charge >= 0.3 is 0 Å². The molecule has 0 aromatic heterocycles. The molecule has 0 saturated heterocycles. The molecule has 2 nitrogen and oxygen atoms in total. The van der Waals surface area contributed by atoms with Crippen molar-refractivity contribution in [2.24, 2.45) is 0 Å². The van der Waals surface area contributed by atoms with E-state index >= 15 is 0 Å². The molecule has 1 aromatic rings. The van der Waals surface area contributed by atoms with Crippen LogP contribution in [0.1, 0.15) is 12.8 Å². The fourth-order valence-electron chi connectivity index (χ4n) is 1.07. The van der Waals surface area contributed by atoms with E-state index in [1.54, 1.807) is 0 Å². The first-order valence-corrected chi connectivity index (χ1v) is 5.22. The molecule has 0 atom stereocenters. The lowest BCUT2D eigenvalue weighted by molar-refractivity contribution is 0.286. The van der Waals surface area contributed by atoms with Crippen LogP contribution < -0.4 is 5.32 Å². The van der Waals surface area contributed by atoms with E-state index in [2.05, 4.69) is 21.2 Å². The first kappa shape index (κ1) is 10.5. The van der Waals surface area contributed by atoms with Crippen molar-refractivity contribution >= 4 is 21.6 Å². The summed E-state index contributed by atoms with van der Waals surface area (Å²) >= 11 is 3.40. The maximum atomic E-state index is 8.57. The minimum atomic E-state index is 0.278. The number of hydrogen-bond acceptors (Lipinski definition) is 2. The quantitative estimate of drug-likeness (QED) is 0.780. The number of benzene rings is 1. The molecule has 0 amide bonds. The van der Waals surface area contributed by atoms with Crippen molar-refractivity contribution in [1.29, 1.82) is 0 Å². The molecule has 2 N–H and O–H groups in total. The van der Waals surface area contributed by atoms with Crippen molar-refractivity contribution < 1.29 is 5.11 Å². The summed E-state index contributed by atoms with van der Waals surface area (Å²) in [7, 11) is 0. The van der Waals surface area contributed by atoms with Gasteiger partial charge in [0, 0.05) is 23.3 Å². The summed E-state index contributed by atoms with van der Waals surface area (Å²) in [5, 5.41) is 11.9. The van der Waals surface area contributed by atoms with E-state index in [0.717, 1.165) is 29.5 Å². The summed E-state index contributed by atoms with van der Waals surface area (Å²) in [6, 6.07) is 8.07. The number of aliphatic hydroxyl groups is 1. The van der Waals surface area contributed by atoms with Crippen LogP contribution in [-0.4, -0.2) is 18.3 Å². The highest BCUT2D eigenvalue weighted by molar-refractivity contribution is 9.10. The molecule has 0 saturated carbocycles. The first-order chi connectivity index (χ1) is 6.33. The summed E-state index contributed by atoms with van der Waals surface area (Å²) < 4.78 is 1.08. The average Bonchev–Trinajstić information content (AvgIpc) is 2.13. The van der Waals surface area contributed by atoms with Crippen LogP contribution in [0.2, 0.25) is 0 Å². The van der Waals surface area contributed by atoms with Gasteiger partial charge in [0.25, 0.3) is 0 Å². The van der Waals surface area contributed by atoms with Crippen molar-refractivity contribution in [3.63, 3.8) is 0 Å². The van der Waals surface area contributed by atoms with Gasteiger partial charge in [0.1, 0.15) is 0 Å². The van der Waals surface area contributed by atoms with Crippen LogP contribution in [0, 0.1) is 0 Å². The van der Waals surface area contributed by atoms with Gasteiger partial charge in [0.15, 0.2) is 0 Å². The fraction of sp³-hybridized carbons (Fsp3) is 0.400. The number of hydrogen-bond donors (Lipinski definition) is 2. The molecule has 0 aliphatic heterocycles. The Balaban J connectivity index is 2.28. The summed E-state index contributed by atoms with van der Waals surface area (Å²) in [5.41, 5.74) is 1.12. The Kier molecular flexibility index (Phi) is 4.86. The van der Waals surface area contributed by atoms with Crippen LogP contribution in [0.5, 0.6) is 0 Å². The molecule has 0 radical (unpaired) electrons. The zero-order valence-electron chi connectivity index (χ0n) is 7.46. The molecule has 0 bridgehead atoms. The minimum absolute atomic E-state index is 0.278. The molecular weight excluding hydrogens is 230 g/mol. The molecule has 0 aliphatic rings. The van der Waals surface area contributed by atoms with Crippen LogP contribution in [0.4, 0.5) is 5.69 Å². The van der Waals surface area contributed by atoms with E-state index in [0.29, 0.717) is 0 Å². The van der Waals surface area contributed by atoms with E-state index in [9.17, 15) is 0 Å². The summed E-state index contributed by atoms with van der Waals surface area (Å²) in [5.74, 6) is 0. The molecular formula is C10H14BrNO. The molecule has 0 fully saturated rings. The molecule has 3 heteroatoms. The van der Waals surface area contributed by atoms with Crippen LogP contribution in [0.25, 0.3) is 0 Å². The molecule has 1 rings (SSSR count). The Hall–Kier alpha value is -0.540. The van der Waals surface area contributed by atoms with Gasteiger partial charge in [-0.15, -0.1) is 0 Å². The van der Waals surface area contributed by atoms with Crippen LogP contribution in [0.3, 0.4) is 0 Å². The number of nitrogens with one attached hydrogen (secondary N) is 1. The summed E-state index contributed by atoms with van der Waals surface area (Å²) in [6.07, 6.45) is 1.87. The van der Waals surface area contributed by atoms with Crippen molar-refractivity contribution in [1.82, 2.24) is 0 Å². The Morgan fingerprint density at radius 2 is 2.15 bits per heavy atom. The van der Waals surface area contributed by atoms with Gasteiger partial charge in [-0.3, -0.25) is 0 Å². The maximum Gasteiger partial charge on any atom is 0.0431 e. The van der Waals surface area contributed by atoms with Crippen LogP contribution >= 0.6 is 15.9 Å². The van der Waals surface area contributed by atoms with Crippen molar-refractivity contribution in [3.05, 3.63) is 28.7 Å². The van der Waals surface area contributed by atoms with Gasteiger partial charge in [0.05, 0.1) is 0 Å². The highest BCUT2D eigenvalue weighted by atomic mass is 79.9. The predicted octanol–water partition coefficient (Wildman–Crippen LogP) is 2.63. The topological polar surface area (TPSA) is 32.3 Å². The largest absolute Gasteiger partial charge is 0.396 e. The number of aliphatic hydroxyl groups excluding tert-OH is 1. The van der Waals surface area contributed by atoms with Crippen molar-refractivity contribution in [3.8, 4) is 0 Å². The van der Waals surface area contributed by atoms with Crippen molar-refractivity contribution in [2.75, 3.05) is 18.5 Å². The van der Waals surface area contributed by atoms with Crippen LogP contribution in [-0.2, 0) is 0 Å². The van der Waals surface area contributed by atoms with Gasteiger partial charge in [0.2, 0.25) is 0 Å². The van der Waals surface area contributed by atoms with Gasteiger partial charge in [-0.05, 0) is 31.0 Å². The third-order valence-electron chi connectivity index (χ3n) is 1.74. The second-order valence-corrected chi connectivity index (χ2v) is 3.78. The number of rotatable bonds is 5. The Bertz CT molecular complexity index is 252. The third kappa shape index (κ3) is 4.29. The zero-order chi connectivity index (χ0) is 9.52. The van der Waals surface area contributed by atoms with E-state index in [1.165, 1.54) is 0 Å². The van der Waals surface area contributed by atoms with Crippen molar-refractivity contribution in [2.45, 2.75) is 12.8 Å². The predicted molar refractivity (Wildman–Crippen MR) is 59.0 cm³/mol. The smallest absolute Gasteiger partial charge is 0.0431 e. The number of anilines is 1. The number of unbranched alkanes of at least 4 members (excludes halogenated alkanes) is 1. The Morgan fingerprint density at radius 1 is 1.31 bits per heavy atom. The first-order valence-electron chi connectivity index (χ1n) is 4.43. The highest BCUT2D eigenvalue weighted by Crippen LogP contribution is 2.15. The average molecular weight is 244 g/mol. The lowest BCUT2D eigenvalue weighted by Crippen LogP contribution is -2.01. The van der Waals surface area contributed by atoms with E-state index in [1.807, 2.05) is 24.3 Å². The number of halogens is 1. The SMILES string of the molecule is OCCCCNc1cccc(Br)c1. The molecule has 1 aromatic carbocycles. The summed E-state index contributed by atoms with van der Waals surface area (Å²) in [6.45, 7) is 1.19. The van der Waals surface area contributed by atoms with E-state index in [4.69, 9.17) is 5.11 Å². The molecule has 0 heterocycles. The molecule has 13 heavy (non-hydrogen) atoms. The Labute approximate surface area is 87.1 Å². The molecule has 0 spiro atoms. The normalized spacial score (nSPS) is 10.0. The van der Waals surface area contributed by atoms with Gasteiger partial charge < -0.3 is 10.4 Å². The second kappa shape index (κ2) is 6.00. The van der Waals surface area contributed by atoms with Crippen LogP contribution in [0.15, 0.2) is 28.7 Å². The van der Waals surface area contributed by atoms with E-state index in [-0.39, 0.29) is 6.61 Å². The monoisotopic (exact) mass is 243 g/mol. The Morgan fingerprint density at radius 3 is 2.85 bits per heavy atom. The van der Waals surface area contributed by atoms with E-state index < -0.39 is 0 Å².